The number of aryl methyl sites for hydroxylation is 2. The van der Waals surface area contributed by atoms with Crippen molar-refractivity contribution >= 4 is 27.4 Å². The standard InChI is InChI=1S/C34H26N3O6.BrH/c1-40-29-10-8-24-26(34(29)41-2)17-36-12-11-19-15-30-31(43-18-42-30)16-25(19)33(36)32(24)23-6-4-3-5-22(23)28-14-20-13-21(37(38)39)7-9-27(20)35-28;/h3-10,13-17,35H,11-12,18H2,1-2H3;1H/q+1;/p-1. The Hall–Kier alpha value is -5.09. The van der Waals surface area contributed by atoms with Crippen LogP contribution in [0.4, 0.5) is 5.69 Å². The van der Waals surface area contributed by atoms with Gasteiger partial charge >= 0.3 is 0 Å². The van der Waals surface area contributed by atoms with Gasteiger partial charge in [0.25, 0.3) is 5.69 Å². The van der Waals surface area contributed by atoms with E-state index in [2.05, 4.69) is 46.1 Å². The van der Waals surface area contributed by atoms with E-state index in [0.29, 0.717) is 11.5 Å². The summed E-state index contributed by atoms with van der Waals surface area (Å²) in [5.41, 5.74) is 8.12. The van der Waals surface area contributed by atoms with Crippen LogP contribution in [0.15, 0.2) is 79.0 Å². The van der Waals surface area contributed by atoms with E-state index in [1.54, 1.807) is 26.4 Å². The van der Waals surface area contributed by atoms with Crippen LogP contribution in [-0.2, 0) is 13.0 Å². The Labute approximate surface area is 262 Å². The van der Waals surface area contributed by atoms with E-state index in [9.17, 15) is 10.1 Å². The summed E-state index contributed by atoms with van der Waals surface area (Å²) in [5.74, 6) is 2.83. The van der Waals surface area contributed by atoms with Crippen LogP contribution in [0, 0.1) is 10.1 Å². The first-order valence-electron chi connectivity index (χ1n) is 13.9. The molecular weight excluding hydrogens is 626 g/mol. The summed E-state index contributed by atoms with van der Waals surface area (Å²) in [6.07, 6.45) is 2.98. The molecule has 0 saturated carbocycles. The number of hydrogen-bond donors (Lipinski definition) is 1. The third-order valence-electron chi connectivity index (χ3n) is 8.44. The Bertz CT molecular complexity index is 2140. The molecule has 2 aliphatic heterocycles. The molecule has 0 unspecified atom stereocenters. The number of methoxy groups -OCH3 is 2. The van der Waals surface area contributed by atoms with Gasteiger partial charge in [-0.1, -0.05) is 24.3 Å². The topological polar surface area (TPSA) is 99.7 Å². The van der Waals surface area contributed by atoms with Crippen LogP contribution in [0.5, 0.6) is 23.0 Å². The molecule has 2 aromatic heterocycles. The number of benzene rings is 4. The van der Waals surface area contributed by atoms with Crippen molar-refractivity contribution < 1.29 is 45.4 Å². The number of nitro benzene ring substituents is 1. The first kappa shape index (κ1) is 27.7. The van der Waals surface area contributed by atoms with E-state index in [4.69, 9.17) is 18.9 Å². The number of nitrogens with one attached hydrogen (secondary N) is 1. The van der Waals surface area contributed by atoms with Crippen molar-refractivity contribution in [1.82, 2.24) is 4.98 Å². The summed E-state index contributed by atoms with van der Waals surface area (Å²) in [6, 6.07) is 23.3. The van der Waals surface area contributed by atoms with E-state index in [1.807, 2.05) is 24.3 Å². The number of pyridine rings is 1. The van der Waals surface area contributed by atoms with E-state index < -0.39 is 0 Å². The normalized spacial score (nSPS) is 12.9. The molecule has 0 aliphatic carbocycles. The highest BCUT2D eigenvalue weighted by atomic mass is 79.9. The van der Waals surface area contributed by atoms with Crippen molar-refractivity contribution in [3.63, 3.8) is 0 Å². The fourth-order valence-corrected chi connectivity index (χ4v) is 6.49. The van der Waals surface area contributed by atoms with Gasteiger partial charge in [0.1, 0.15) is 0 Å². The molecule has 44 heavy (non-hydrogen) atoms. The number of halogens is 1. The zero-order chi connectivity index (χ0) is 29.2. The Kier molecular flexibility index (Phi) is 6.66. The molecule has 0 fully saturated rings. The number of fused-ring (bicyclic) bond motifs is 6. The summed E-state index contributed by atoms with van der Waals surface area (Å²) < 4.78 is 25.4. The lowest BCUT2D eigenvalue weighted by molar-refractivity contribution is -0.685. The predicted octanol–water partition coefficient (Wildman–Crippen LogP) is 3.82. The minimum atomic E-state index is -0.371. The number of nitro groups is 1. The minimum Gasteiger partial charge on any atom is -1.00 e. The van der Waals surface area contributed by atoms with Gasteiger partial charge in [-0.3, -0.25) is 10.1 Å². The van der Waals surface area contributed by atoms with Crippen LogP contribution in [0.25, 0.3) is 55.3 Å². The highest BCUT2D eigenvalue weighted by Gasteiger charge is 2.34. The molecule has 0 atom stereocenters. The van der Waals surface area contributed by atoms with Crippen LogP contribution in [-0.4, -0.2) is 30.9 Å². The van der Waals surface area contributed by atoms with Gasteiger partial charge < -0.3 is 40.9 Å². The summed E-state index contributed by atoms with van der Waals surface area (Å²) in [7, 11) is 3.30. The molecule has 220 valence electrons. The minimum absolute atomic E-state index is 0. The van der Waals surface area contributed by atoms with Crippen LogP contribution in [0.3, 0.4) is 0 Å². The molecular formula is C34H26BrN3O6. The Morgan fingerprint density at radius 1 is 0.886 bits per heavy atom. The average Bonchev–Trinajstić information content (AvgIpc) is 3.68. The Balaban J connectivity index is 0.00000312. The van der Waals surface area contributed by atoms with Crippen LogP contribution < -0.4 is 40.5 Å². The molecule has 0 spiro atoms. The average molecular weight is 653 g/mol. The van der Waals surface area contributed by atoms with E-state index in [-0.39, 0.29) is 34.4 Å². The van der Waals surface area contributed by atoms with Crippen molar-refractivity contribution in [2.45, 2.75) is 13.0 Å². The van der Waals surface area contributed by atoms with Crippen LogP contribution >= 0.6 is 0 Å². The molecule has 9 nitrogen and oxygen atoms in total. The number of aromatic amines is 1. The van der Waals surface area contributed by atoms with Gasteiger partial charge in [-0.05, 0) is 47.5 Å². The van der Waals surface area contributed by atoms with Gasteiger partial charge in [0, 0.05) is 46.1 Å². The van der Waals surface area contributed by atoms with Crippen molar-refractivity contribution in [3.8, 4) is 56.6 Å². The van der Waals surface area contributed by atoms with Gasteiger partial charge in [0.2, 0.25) is 12.5 Å². The number of rotatable bonds is 5. The third-order valence-corrected chi connectivity index (χ3v) is 8.44. The molecule has 4 aromatic carbocycles. The first-order valence-corrected chi connectivity index (χ1v) is 13.9. The zero-order valence-electron chi connectivity index (χ0n) is 23.8. The number of H-pyrrole nitrogens is 1. The SMILES string of the molecule is COc1ccc2c(-c3ccccc3-c3cc4cc([N+](=O)[O-])ccc4[nH]3)c3[n+](cc2c1OC)CCc1cc2c(cc1-3)OCO2.[Br-]. The van der Waals surface area contributed by atoms with E-state index in [0.717, 1.165) is 79.8 Å². The third kappa shape index (κ3) is 4.16. The Morgan fingerprint density at radius 3 is 2.45 bits per heavy atom. The van der Waals surface area contributed by atoms with Gasteiger partial charge in [-0.25, -0.2) is 0 Å². The molecule has 4 heterocycles. The lowest BCUT2D eigenvalue weighted by Crippen LogP contribution is -3.00. The second-order valence-corrected chi connectivity index (χ2v) is 10.7. The largest absolute Gasteiger partial charge is 1.00 e. The smallest absolute Gasteiger partial charge is 0.270 e. The van der Waals surface area contributed by atoms with E-state index >= 15 is 0 Å². The molecule has 1 N–H and O–H groups in total. The summed E-state index contributed by atoms with van der Waals surface area (Å²) in [4.78, 5) is 14.6. The van der Waals surface area contributed by atoms with Crippen molar-refractivity contribution in [3.05, 3.63) is 94.7 Å². The highest BCUT2D eigenvalue weighted by molar-refractivity contribution is 6.07. The monoisotopic (exact) mass is 651 g/mol. The van der Waals surface area contributed by atoms with Crippen molar-refractivity contribution in [2.24, 2.45) is 0 Å². The van der Waals surface area contributed by atoms with Gasteiger partial charge in [-0.15, -0.1) is 0 Å². The van der Waals surface area contributed by atoms with Gasteiger partial charge in [0.15, 0.2) is 35.7 Å². The second-order valence-electron chi connectivity index (χ2n) is 10.7. The van der Waals surface area contributed by atoms with Crippen LogP contribution in [0.1, 0.15) is 5.56 Å². The molecule has 6 aromatic rings. The fraction of sp³-hybridized carbons (Fsp3) is 0.147. The maximum absolute atomic E-state index is 11.4. The summed E-state index contributed by atoms with van der Waals surface area (Å²) in [6.45, 7) is 0.977. The number of nitrogens with zero attached hydrogens (tertiary/aromatic N) is 2. The molecule has 0 saturated heterocycles. The summed E-state index contributed by atoms with van der Waals surface area (Å²) in [5, 5.41) is 14.2. The predicted molar refractivity (Wildman–Crippen MR) is 162 cm³/mol. The number of non-ortho nitro benzene ring substituents is 1. The van der Waals surface area contributed by atoms with Gasteiger partial charge in [0.05, 0.1) is 35.7 Å². The maximum Gasteiger partial charge on any atom is 0.270 e. The lowest BCUT2D eigenvalue weighted by Gasteiger charge is -2.22. The lowest BCUT2D eigenvalue weighted by atomic mass is 9.86. The Morgan fingerprint density at radius 2 is 1.68 bits per heavy atom. The fourth-order valence-electron chi connectivity index (χ4n) is 6.49. The molecule has 2 aliphatic rings. The highest BCUT2D eigenvalue weighted by Crippen LogP contribution is 2.48. The quantitative estimate of drug-likeness (QED) is 0.173. The first-order chi connectivity index (χ1) is 21.0. The van der Waals surface area contributed by atoms with E-state index in [1.165, 1.54) is 11.6 Å². The molecule has 8 rings (SSSR count). The molecule has 0 bridgehead atoms. The van der Waals surface area contributed by atoms with Crippen LogP contribution in [0.2, 0.25) is 0 Å². The zero-order valence-corrected chi connectivity index (χ0v) is 25.4. The van der Waals surface area contributed by atoms with Crippen molar-refractivity contribution in [2.75, 3.05) is 21.0 Å². The molecule has 10 heteroatoms. The molecule has 0 amide bonds. The number of hydrogen-bond acceptors (Lipinski definition) is 6. The summed E-state index contributed by atoms with van der Waals surface area (Å²) >= 11 is 0. The number of aromatic nitrogens is 2. The number of ether oxygens (including phenoxy) is 4. The molecule has 0 radical (unpaired) electrons. The van der Waals surface area contributed by atoms with Gasteiger partial charge in [-0.2, -0.15) is 4.57 Å². The second kappa shape index (κ2) is 10.6. The van der Waals surface area contributed by atoms with Crippen molar-refractivity contribution in [1.29, 1.82) is 0 Å². The maximum atomic E-state index is 11.4.